The van der Waals surface area contributed by atoms with E-state index in [0.29, 0.717) is 45.1 Å². The van der Waals surface area contributed by atoms with E-state index in [2.05, 4.69) is 22.1 Å². The largest absolute Gasteiger partial charge is 0.480 e. The van der Waals surface area contributed by atoms with E-state index < -0.39 is 0 Å². The molecule has 7 nitrogen and oxygen atoms in total. The van der Waals surface area contributed by atoms with Crippen molar-refractivity contribution in [1.82, 2.24) is 20.4 Å². The van der Waals surface area contributed by atoms with Gasteiger partial charge in [-0.1, -0.05) is 6.08 Å². The first kappa shape index (κ1) is 16.2. The van der Waals surface area contributed by atoms with Crippen LogP contribution >= 0.6 is 0 Å². The number of amides is 2. The summed E-state index contributed by atoms with van der Waals surface area (Å²) in [5.41, 5.74) is 1.92. The van der Waals surface area contributed by atoms with E-state index in [1.807, 2.05) is 6.07 Å². The Hall–Kier alpha value is -2.15. The minimum atomic E-state index is -0.0647. The second kappa shape index (κ2) is 8.33. The monoisotopic (exact) mass is 306 g/mol. The molecule has 0 fully saturated rings. The summed E-state index contributed by atoms with van der Waals surface area (Å²) in [6, 6.07) is 1.77. The number of rotatable bonds is 7. The Morgan fingerprint density at radius 3 is 3.18 bits per heavy atom. The summed E-state index contributed by atoms with van der Waals surface area (Å²) in [7, 11) is 1.55. The number of nitrogens with zero attached hydrogens (tertiary/aromatic N) is 3. The Balaban J connectivity index is 1.78. The van der Waals surface area contributed by atoms with Gasteiger partial charge in [0, 0.05) is 44.3 Å². The topological polar surface area (TPSA) is 76.6 Å². The predicted octanol–water partition coefficient (Wildman–Crippen LogP) is 1.15. The number of carbonyl (C=O) groups is 1. The Kier molecular flexibility index (Phi) is 6.14. The van der Waals surface area contributed by atoms with Crippen LogP contribution in [0.15, 0.2) is 18.7 Å². The number of urea groups is 1. The highest BCUT2D eigenvalue weighted by Crippen LogP contribution is 2.19. The van der Waals surface area contributed by atoms with E-state index >= 15 is 0 Å². The van der Waals surface area contributed by atoms with Gasteiger partial charge in [-0.05, 0) is 6.42 Å². The zero-order valence-electron chi connectivity index (χ0n) is 12.9. The number of methoxy groups -OCH3 is 1. The van der Waals surface area contributed by atoms with Crippen LogP contribution in [0, 0.1) is 0 Å². The van der Waals surface area contributed by atoms with Gasteiger partial charge >= 0.3 is 6.03 Å². The van der Waals surface area contributed by atoms with Gasteiger partial charge in [0.1, 0.15) is 0 Å². The maximum Gasteiger partial charge on any atom is 0.317 e. The van der Waals surface area contributed by atoms with Crippen LogP contribution in [0.4, 0.5) is 4.79 Å². The van der Waals surface area contributed by atoms with Gasteiger partial charge < -0.3 is 19.7 Å². The van der Waals surface area contributed by atoms with Gasteiger partial charge in [0.15, 0.2) is 0 Å². The molecule has 1 N–H and O–H groups in total. The third-order valence-electron chi connectivity index (χ3n) is 3.39. The molecule has 1 aliphatic heterocycles. The molecular formula is C15H22N4O3. The third kappa shape index (κ3) is 4.42. The Labute approximate surface area is 130 Å². The van der Waals surface area contributed by atoms with Crippen LogP contribution in [0.3, 0.4) is 0 Å². The summed E-state index contributed by atoms with van der Waals surface area (Å²) in [5, 5.41) is 11.0. The van der Waals surface area contributed by atoms with Crippen molar-refractivity contribution in [2.24, 2.45) is 0 Å². The Bertz CT molecular complexity index is 522. The number of carbonyl (C=O) groups excluding carboxylic acids is 1. The van der Waals surface area contributed by atoms with Gasteiger partial charge in [0.25, 0.3) is 0 Å². The van der Waals surface area contributed by atoms with Gasteiger partial charge in [-0.3, -0.25) is 0 Å². The zero-order chi connectivity index (χ0) is 15.8. The molecule has 0 aliphatic carbocycles. The zero-order valence-corrected chi connectivity index (χ0v) is 12.9. The molecule has 1 aromatic rings. The van der Waals surface area contributed by atoms with Crippen molar-refractivity contribution in [2.45, 2.75) is 19.4 Å². The third-order valence-corrected chi connectivity index (χ3v) is 3.39. The molecule has 0 radical (unpaired) electrons. The highest BCUT2D eigenvalue weighted by atomic mass is 16.5. The number of hydrogen-bond acceptors (Lipinski definition) is 5. The van der Waals surface area contributed by atoms with Crippen LogP contribution < -0.4 is 10.1 Å². The second-order valence-corrected chi connectivity index (χ2v) is 4.98. The lowest BCUT2D eigenvalue weighted by molar-refractivity contribution is 0.157. The van der Waals surface area contributed by atoms with Crippen LogP contribution in [0.25, 0.3) is 0 Å². The Morgan fingerprint density at radius 1 is 1.55 bits per heavy atom. The van der Waals surface area contributed by atoms with Crippen LogP contribution in [0.2, 0.25) is 0 Å². The maximum atomic E-state index is 12.1. The lowest BCUT2D eigenvalue weighted by atomic mass is 10.1. The molecule has 0 unspecified atom stereocenters. The van der Waals surface area contributed by atoms with Gasteiger partial charge in [0.2, 0.25) is 5.88 Å². The minimum absolute atomic E-state index is 0.0647. The summed E-state index contributed by atoms with van der Waals surface area (Å²) < 4.78 is 10.3. The first-order valence-electron chi connectivity index (χ1n) is 7.35. The van der Waals surface area contributed by atoms with Gasteiger partial charge in [-0.2, -0.15) is 5.10 Å². The summed E-state index contributed by atoms with van der Waals surface area (Å²) in [5.74, 6) is 0.473. The highest BCUT2D eigenvalue weighted by Gasteiger charge is 2.22. The lowest BCUT2D eigenvalue weighted by Gasteiger charge is -2.28. The van der Waals surface area contributed by atoms with Crippen LogP contribution in [0.5, 0.6) is 5.88 Å². The van der Waals surface area contributed by atoms with Gasteiger partial charge in [-0.15, -0.1) is 11.7 Å². The van der Waals surface area contributed by atoms with Gasteiger partial charge in [-0.25, -0.2) is 4.79 Å². The van der Waals surface area contributed by atoms with E-state index in [4.69, 9.17) is 9.47 Å². The molecule has 0 atom stereocenters. The average Bonchev–Trinajstić information content (AvgIpc) is 2.56. The summed E-state index contributed by atoms with van der Waals surface area (Å²) in [6.45, 7) is 6.50. The van der Waals surface area contributed by atoms with Crippen molar-refractivity contribution in [1.29, 1.82) is 0 Å². The molecule has 2 rings (SSSR count). The van der Waals surface area contributed by atoms with Crippen molar-refractivity contribution in [2.75, 3.05) is 33.4 Å². The molecule has 1 aromatic heterocycles. The lowest BCUT2D eigenvalue weighted by Crippen LogP contribution is -2.43. The molecule has 0 spiro atoms. The van der Waals surface area contributed by atoms with Crippen molar-refractivity contribution in [3.63, 3.8) is 0 Å². The van der Waals surface area contributed by atoms with Crippen molar-refractivity contribution in [3.05, 3.63) is 30.0 Å². The fourth-order valence-corrected chi connectivity index (χ4v) is 2.23. The van der Waals surface area contributed by atoms with E-state index in [1.54, 1.807) is 18.1 Å². The second-order valence-electron chi connectivity index (χ2n) is 4.98. The number of nitrogens with one attached hydrogen (secondary N) is 1. The van der Waals surface area contributed by atoms with Crippen LogP contribution in [-0.2, 0) is 17.7 Å². The molecule has 2 heterocycles. The van der Waals surface area contributed by atoms with Crippen LogP contribution in [0.1, 0.15) is 17.7 Å². The molecule has 0 bridgehead atoms. The predicted molar refractivity (Wildman–Crippen MR) is 81.7 cm³/mol. The van der Waals surface area contributed by atoms with Crippen molar-refractivity contribution < 1.29 is 14.3 Å². The molecule has 22 heavy (non-hydrogen) atoms. The first-order valence-corrected chi connectivity index (χ1v) is 7.35. The number of aromatic nitrogens is 2. The number of fused-ring (bicyclic) bond motifs is 1. The molecule has 1 aliphatic rings. The molecule has 0 saturated carbocycles. The molecule has 7 heteroatoms. The molecular weight excluding hydrogens is 284 g/mol. The van der Waals surface area contributed by atoms with E-state index in [9.17, 15) is 4.79 Å². The molecule has 120 valence electrons. The standard InChI is InChI=1S/C15H22N4O3/c1-3-8-22-9-4-6-16-15(20)19-7-5-13-12(11-19)10-14(21-2)18-17-13/h3,10H,1,4-9,11H2,2H3,(H,16,20). The smallest absolute Gasteiger partial charge is 0.317 e. The van der Waals surface area contributed by atoms with Crippen molar-refractivity contribution >= 4 is 6.03 Å². The van der Waals surface area contributed by atoms with Gasteiger partial charge in [0.05, 0.1) is 19.4 Å². The first-order chi connectivity index (χ1) is 10.7. The molecule has 2 amide bonds. The summed E-state index contributed by atoms with van der Waals surface area (Å²) >= 11 is 0. The van der Waals surface area contributed by atoms with Crippen molar-refractivity contribution in [3.8, 4) is 5.88 Å². The fourth-order valence-electron chi connectivity index (χ4n) is 2.23. The summed E-state index contributed by atoms with van der Waals surface area (Å²) in [6.07, 6.45) is 3.20. The van der Waals surface area contributed by atoms with E-state index in [1.165, 1.54) is 0 Å². The fraction of sp³-hybridized carbons (Fsp3) is 0.533. The van der Waals surface area contributed by atoms with Crippen LogP contribution in [-0.4, -0.2) is 54.5 Å². The van der Waals surface area contributed by atoms with E-state index in [0.717, 1.165) is 17.7 Å². The number of hydrogen-bond donors (Lipinski definition) is 1. The number of ether oxygens (including phenoxy) is 2. The minimum Gasteiger partial charge on any atom is -0.480 e. The quantitative estimate of drug-likeness (QED) is 0.604. The average molecular weight is 306 g/mol. The highest BCUT2D eigenvalue weighted by molar-refractivity contribution is 5.74. The normalized spacial score (nSPS) is 13.4. The molecule has 0 aromatic carbocycles. The maximum absolute atomic E-state index is 12.1. The summed E-state index contributed by atoms with van der Waals surface area (Å²) in [4.78, 5) is 13.9. The molecule has 0 saturated heterocycles. The Morgan fingerprint density at radius 2 is 2.41 bits per heavy atom. The SMILES string of the molecule is C=CCOCCCNC(=O)N1CCc2nnc(OC)cc2C1. The van der Waals surface area contributed by atoms with E-state index in [-0.39, 0.29) is 6.03 Å².